The lowest BCUT2D eigenvalue weighted by atomic mass is 10.2. The number of hydrogen-bond acceptors (Lipinski definition) is 5. The normalized spacial score (nSPS) is 10.5. The lowest BCUT2D eigenvalue weighted by Gasteiger charge is -2.08. The quantitative estimate of drug-likeness (QED) is 0.275. The van der Waals surface area contributed by atoms with Gasteiger partial charge in [0.15, 0.2) is 5.75 Å². The third-order valence-electron chi connectivity index (χ3n) is 3.52. The second-order valence-corrected chi connectivity index (χ2v) is 5.45. The molecule has 0 amide bonds. The Bertz CT molecular complexity index is 782. The van der Waals surface area contributed by atoms with Crippen LogP contribution in [0, 0.1) is 21.7 Å². The Morgan fingerprint density at radius 2 is 1.85 bits per heavy atom. The van der Waals surface area contributed by atoms with E-state index < -0.39 is 16.6 Å². The number of halogens is 2. The van der Waals surface area contributed by atoms with E-state index in [1.54, 1.807) is 0 Å². The van der Waals surface area contributed by atoms with Crippen molar-refractivity contribution in [3.8, 4) is 5.75 Å². The van der Waals surface area contributed by atoms with Gasteiger partial charge in [-0.2, -0.15) is 0 Å². The van der Waals surface area contributed by atoms with Crippen molar-refractivity contribution in [1.29, 1.82) is 0 Å². The third-order valence-corrected chi connectivity index (χ3v) is 3.52. The smallest absolute Gasteiger partial charge is 0.311 e. The fourth-order valence-corrected chi connectivity index (χ4v) is 2.20. The lowest BCUT2D eigenvalue weighted by Crippen LogP contribution is -2.04. The Morgan fingerprint density at radius 1 is 1.08 bits per heavy atom. The van der Waals surface area contributed by atoms with E-state index >= 15 is 0 Å². The zero-order valence-electron chi connectivity index (χ0n) is 13.8. The molecule has 0 aliphatic rings. The highest BCUT2D eigenvalue weighted by atomic mass is 19.1. The molecule has 0 unspecified atom stereocenters. The molecule has 8 heteroatoms. The van der Waals surface area contributed by atoms with Gasteiger partial charge in [-0.25, -0.2) is 8.78 Å². The predicted molar refractivity (Wildman–Crippen MR) is 89.2 cm³/mol. The number of unbranched alkanes of at least 4 members (excludes halogenated alkanes) is 1. The van der Waals surface area contributed by atoms with E-state index in [0.717, 1.165) is 24.3 Å². The molecule has 0 saturated carbocycles. The van der Waals surface area contributed by atoms with Crippen LogP contribution in [0.5, 0.6) is 5.75 Å². The first-order valence-electron chi connectivity index (χ1n) is 7.89. The molecule has 0 N–H and O–H groups in total. The number of nitro benzene ring substituents is 1. The van der Waals surface area contributed by atoms with Crippen LogP contribution in [0.2, 0.25) is 0 Å². The first-order valence-corrected chi connectivity index (χ1v) is 7.89. The van der Waals surface area contributed by atoms with Crippen molar-refractivity contribution in [2.24, 2.45) is 0 Å². The predicted octanol–water partition coefficient (Wildman–Crippen LogP) is 4.06. The number of carbonyl (C=O) groups is 1. The van der Waals surface area contributed by atoms with Gasteiger partial charge in [0.2, 0.25) is 0 Å². The van der Waals surface area contributed by atoms with E-state index in [1.165, 1.54) is 12.1 Å². The maximum absolute atomic E-state index is 13.4. The highest BCUT2D eigenvalue weighted by Crippen LogP contribution is 2.27. The van der Waals surface area contributed by atoms with Gasteiger partial charge in [0.05, 0.1) is 18.1 Å². The van der Waals surface area contributed by atoms with Crippen molar-refractivity contribution in [3.63, 3.8) is 0 Å². The molecule has 0 bridgehead atoms. The molecule has 26 heavy (non-hydrogen) atoms. The second kappa shape index (κ2) is 9.57. The van der Waals surface area contributed by atoms with Crippen LogP contribution in [0.25, 0.3) is 0 Å². The Balaban J connectivity index is 1.72. The van der Waals surface area contributed by atoms with Gasteiger partial charge >= 0.3 is 5.69 Å². The summed E-state index contributed by atoms with van der Waals surface area (Å²) >= 11 is 0. The van der Waals surface area contributed by atoms with E-state index in [1.807, 2.05) is 0 Å². The van der Waals surface area contributed by atoms with Gasteiger partial charge < -0.3 is 9.47 Å². The van der Waals surface area contributed by atoms with Crippen LogP contribution in [-0.4, -0.2) is 24.4 Å². The van der Waals surface area contributed by atoms with Crippen LogP contribution in [0.15, 0.2) is 36.4 Å². The minimum Gasteiger partial charge on any atom is -0.487 e. The molecule has 2 aromatic carbocycles. The highest BCUT2D eigenvalue weighted by Gasteiger charge is 2.15. The molecule has 0 aromatic heterocycles. The van der Waals surface area contributed by atoms with E-state index in [2.05, 4.69) is 0 Å². The maximum atomic E-state index is 13.4. The van der Waals surface area contributed by atoms with Crippen LogP contribution in [0.3, 0.4) is 0 Å². The van der Waals surface area contributed by atoms with Gasteiger partial charge in [-0.3, -0.25) is 14.9 Å². The molecule has 0 aliphatic heterocycles. The van der Waals surface area contributed by atoms with Crippen LogP contribution in [0.1, 0.15) is 28.8 Å². The summed E-state index contributed by atoms with van der Waals surface area (Å²) in [5.74, 6) is -0.968. The van der Waals surface area contributed by atoms with Crippen molar-refractivity contribution in [2.45, 2.75) is 19.4 Å². The fraction of sp³-hybridized carbons (Fsp3) is 0.278. The molecule has 138 valence electrons. The highest BCUT2D eigenvalue weighted by molar-refractivity contribution is 5.77. The maximum Gasteiger partial charge on any atom is 0.311 e. The van der Waals surface area contributed by atoms with Crippen molar-refractivity contribution in [1.82, 2.24) is 0 Å². The molecule has 6 nitrogen and oxygen atoms in total. The molecule has 0 heterocycles. The molecule has 0 spiro atoms. The summed E-state index contributed by atoms with van der Waals surface area (Å²) in [6.07, 6.45) is 1.66. The van der Waals surface area contributed by atoms with Crippen molar-refractivity contribution in [3.05, 3.63) is 69.3 Å². The van der Waals surface area contributed by atoms with E-state index in [0.29, 0.717) is 25.7 Å². The van der Waals surface area contributed by atoms with Gasteiger partial charge in [0.25, 0.3) is 0 Å². The number of rotatable bonds is 10. The van der Waals surface area contributed by atoms with E-state index in [4.69, 9.17) is 9.47 Å². The number of nitro groups is 1. The molecule has 2 aromatic rings. The van der Waals surface area contributed by atoms with Crippen LogP contribution in [-0.2, 0) is 11.3 Å². The van der Waals surface area contributed by atoms with E-state index in [-0.39, 0.29) is 35.8 Å². The van der Waals surface area contributed by atoms with Gasteiger partial charge in [-0.1, -0.05) is 0 Å². The zero-order chi connectivity index (χ0) is 18.9. The van der Waals surface area contributed by atoms with Crippen molar-refractivity contribution >= 4 is 12.0 Å². The molecule has 2 rings (SSSR count). The molecule has 0 fully saturated rings. The summed E-state index contributed by atoms with van der Waals surface area (Å²) in [6, 6.07) is 7.14. The van der Waals surface area contributed by atoms with Crippen molar-refractivity contribution in [2.75, 3.05) is 13.2 Å². The standard InChI is InChI=1S/C18H17F2NO5/c19-15-4-5-16(20)14(10-15)12-25-7-1-2-8-26-18-6-3-13(11-22)9-17(18)21(23)24/h3-6,9-11H,1-2,7-8,12H2. The van der Waals surface area contributed by atoms with Gasteiger partial charge in [-0.15, -0.1) is 0 Å². The van der Waals surface area contributed by atoms with Crippen LogP contribution < -0.4 is 4.74 Å². The molecular weight excluding hydrogens is 348 g/mol. The summed E-state index contributed by atoms with van der Waals surface area (Å²) in [5.41, 5.74) is 0.0709. The molecule has 0 aliphatic carbocycles. The topological polar surface area (TPSA) is 78.7 Å². The van der Waals surface area contributed by atoms with Gasteiger partial charge in [0.1, 0.15) is 17.9 Å². The van der Waals surface area contributed by atoms with Crippen molar-refractivity contribution < 1.29 is 28.0 Å². The monoisotopic (exact) mass is 365 g/mol. The first kappa shape index (κ1) is 19.5. The van der Waals surface area contributed by atoms with Gasteiger partial charge in [0, 0.05) is 23.8 Å². The minimum absolute atomic E-state index is 0.0386. The van der Waals surface area contributed by atoms with E-state index in [9.17, 15) is 23.7 Å². The fourth-order valence-electron chi connectivity index (χ4n) is 2.20. The number of aldehydes is 1. The summed E-state index contributed by atoms with van der Waals surface area (Å²) in [6.45, 7) is 0.494. The summed E-state index contributed by atoms with van der Waals surface area (Å²) < 4.78 is 37.1. The zero-order valence-corrected chi connectivity index (χ0v) is 13.8. The number of nitrogens with zero attached hydrogens (tertiary/aromatic N) is 1. The SMILES string of the molecule is O=Cc1ccc(OCCCCOCc2cc(F)ccc2F)c([N+](=O)[O-])c1. The number of benzene rings is 2. The lowest BCUT2D eigenvalue weighted by molar-refractivity contribution is -0.385. The molecular formula is C18H17F2NO5. The average Bonchev–Trinajstić information content (AvgIpc) is 2.63. The Morgan fingerprint density at radius 3 is 2.58 bits per heavy atom. The minimum atomic E-state index is -0.612. The van der Waals surface area contributed by atoms with Gasteiger partial charge in [-0.05, 0) is 43.2 Å². The third kappa shape index (κ3) is 5.59. The van der Waals surface area contributed by atoms with Crippen LogP contribution in [0.4, 0.5) is 14.5 Å². The molecule has 0 radical (unpaired) electrons. The Hall–Kier alpha value is -2.87. The summed E-state index contributed by atoms with van der Waals surface area (Å²) in [4.78, 5) is 21.0. The molecule has 0 saturated heterocycles. The number of hydrogen-bond donors (Lipinski definition) is 0. The van der Waals surface area contributed by atoms with Crippen LogP contribution >= 0.6 is 0 Å². The molecule has 0 atom stereocenters. The number of carbonyl (C=O) groups excluding carboxylic acids is 1. The second-order valence-electron chi connectivity index (χ2n) is 5.45. The number of ether oxygens (including phenoxy) is 2. The summed E-state index contributed by atoms with van der Waals surface area (Å²) in [7, 11) is 0. The summed E-state index contributed by atoms with van der Waals surface area (Å²) in [5, 5.41) is 11.0. The Labute approximate surface area is 148 Å². The largest absolute Gasteiger partial charge is 0.487 e. The first-order chi connectivity index (χ1) is 12.5. The Kier molecular flexibility index (Phi) is 7.16. The average molecular weight is 365 g/mol.